The van der Waals surface area contributed by atoms with Crippen LogP contribution in [0.3, 0.4) is 0 Å². The molecule has 2 heteroatoms. The van der Waals surface area contributed by atoms with E-state index in [1.54, 1.807) is 0 Å². The van der Waals surface area contributed by atoms with Gasteiger partial charge >= 0.3 is 0 Å². The van der Waals surface area contributed by atoms with E-state index in [1.165, 1.54) is 95.6 Å². The summed E-state index contributed by atoms with van der Waals surface area (Å²) in [6.07, 6.45) is 18.8. The minimum atomic E-state index is -1.31. The summed E-state index contributed by atoms with van der Waals surface area (Å²) in [7, 11) is -1.31. The van der Waals surface area contributed by atoms with E-state index in [0.717, 1.165) is 0 Å². The van der Waals surface area contributed by atoms with Crippen LogP contribution in [-0.4, -0.2) is 14.4 Å². The molecule has 21 heavy (non-hydrogen) atoms. The van der Waals surface area contributed by atoms with Crippen molar-refractivity contribution in [3.05, 3.63) is 0 Å². The molecular formula is C19H40OSi. The zero-order valence-electron chi connectivity index (χ0n) is 15.1. The molecule has 1 unspecified atom stereocenters. The Hall–Kier alpha value is 0.177. The molecule has 1 fully saturated rings. The van der Waals surface area contributed by atoms with Crippen LogP contribution in [0.15, 0.2) is 0 Å². The van der Waals surface area contributed by atoms with E-state index < -0.39 is 8.32 Å². The number of rotatable bonds is 12. The third-order valence-corrected chi connectivity index (χ3v) is 8.92. The van der Waals surface area contributed by atoms with Crippen LogP contribution in [0.5, 0.6) is 0 Å². The zero-order chi connectivity index (χ0) is 15.4. The van der Waals surface area contributed by atoms with E-state index in [0.29, 0.717) is 6.10 Å². The molecule has 1 rings (SSSR count). The summed E-state index contributed by atoms with van der Waals surface area (Å²) < 4.78 is 6.63. The molecule has 0 spiro atoms. The Kier molecular flexibility index (Phi) is 10.7. The predicted molar refractivity (Wildman–Crippen MR) is 97.5 cm³/mol. The van der Waals surface area contributed by atoms with E-state index in [-0.39, 0.29) is 0 Å². The molecular weight excluding hydrogens is 272 g/mol. The second-order valence-corrected chi connectivity index (χ2v) is 11.6. The number of hydrogen-bond donors (Lipinski definition) is 0. The molecule has 1 aliphatic heterocycles. The molecule has 0 aromatic rings. The van der Waals surface area contributed by atoms with Crippen LogP contribution in [0.4, 0.5) is 0 Å². The second kappa shape index (κ2) is 11.7. The lowest BCUT2D eigenvalue weighted by atomic mass is 10.0. The molecule has 1 saturated heterocycles. The first-order valence-electron chi connectivity index (χ1n) is 9.88. The van der Waals surface area contributed by atoms with Crippen LogP contribution in [0.2, 0.25) is 18.6 Å². The van der Waals surface area contributed by atoms with Gasteiger partial charge in [-0.15, -0.1) is 0 Å². The molecule has 0 aliphatic carbocycles. The third-order valence-electron chi connectivity index (χ3n) is 5.20. The van der Waals surface area contributed by atoms with E-state index in [4.69, 9.17) is 4.43 Å². The average molecular weight is 313 g/mol. The smallest absolute Gasteiger partial charge is 0.190 e. The topological polar surface area (TPSA) is 9.23 Å². The minimum absolute atomic E-state index is 0.569. The fourth-order valence-electron chi connectivity index (χ4n) is 3.67. The summed E-state index contributed by atoms with van der Waals surface area (Å²) in [5.41, 5.74) is 0. The number of unbranched alkanes of at least 4 members (excludes halogenated alkanes) is 7. The molecule has 1 nitrogen and oxygen atoms in total. The molecule has 1 atom stereocenters. The molecule has 0 radical (unpaired) electrons. The monoisotopic (exact) mass is 312 g/mol. The Morgan fingerprint density at radius 1 is 0.810 bits per heavy atom. The molecule has 0 N–H and O–H groups in total. The lowest BCUT2D eigenvalue weighted by Gasteiger charge is -2.35. The maximum Gasteiger partial charge on any atom is 0.190 e. The van der Waals surface area contributed by atoms with Crippen molar-refractivity contribution in [3.63, 3.8) is 0 Å². The van der Waals surface area contributed by atoms with Crippen LogP contribution in [0.25, 0.3) is 0 Å². The minimum Gasteiger partial charge on any atom is -0.414 e. The number of hydrogen-bond acceptors (Lipinski definition) is 1. The largest absolute Gasteiger partial charge is 0.414 e. The zero-order valence-corrected chi connectivity index (χ0v) is 16.1. The van der Waals surface area contributed by atoms with Gasteiger partial charge in [-0.3, -0.25) is 0 Å². The van der Waals surface area contributed by atoms with Crippen molar-refractivity contribution in [1.29, 1.82) is 0 Å². The Morgan fingerprint density at radius 2 is 1.38 bits per heavy atom. The van der Waals surface area contributed by atoms with Gasteiger partial charge in [0.2, 0.25) is 0 Å². The fraction of sp³-hybridized carbons (Fsp3) is 1.00. The van der Waals surface area contributed by atoms with Gasteiger partial charge in [-0.05, 0) is 31.5 Å². The maximum absolute atomic E-state index is 6.63. The van der Waals surface area contributed by atoms with Gasteiger partial charge in [0.05, 0.1) is 0 Å². The summed E-state index contributed by atoms with van der Waals surface area (Å²) in [5, 5.41) is 0. The fourth-order valence-corrected chi connectivity index (χ4v) is 7.24. The predicted octanol–water partition coefficient (Wildman–Crippen LogP) is 7.07. The Morgan fingerprint density at radius 3 is 1.95 bits per heavy atom. The van der Waals surface area contributed by atoms with Crippen molar-refractivity contribution >= 4 is 8.32 Å². The molecule has 0 bridgehead atoms. The van der Waals surface area contributed by atoms with Gasteiger partial charge in [0, 0.05) is 6.10 Å². The molecule has 0 aromatic carbocycles. The van der Waals surface area contributed by atoms with Gasteiger partial charge in [-0.2, -0.15) is 0 Å². The van der Waals surface area contributed by atoms with Gasteiger partial charge in [-0.1, -0.05) is 84.5 Å². The van der Waals surface area contributed by atoms with Crippen molar-refractivity contribution in [3.8, 4) is 0 Å². The van der Waals surface area contributed by atoms with Gasteiger partial charge in [0.15, 0.2) is 8.32 Å². The van der Waals surface area contributed by atoms with Crippen LogP contribution >= 0.6 is 0 Å². The summed E-state index contributed by atoms with van der Waals surface area (Å²) in [6.45, 7) is 7.10. The van der Waals surface area contributed by atoms with Crippen molar-refractivity contribution < 1.29 is 4.43 Å². The van der Waals surface area contributed by atoms with E-state index in [2.05, 4.69) is 20.4 Å². The summed E-state index contributed by atoms with van der Waals surface area (Å²) >= 11 is 0. The van der Waals surface area contributed by atoms with Gasteiger partial charge in [0.25, 0.3) is 0 Å². The van der Waals surface area contributed by atoms with Crippen molar-refractivity contribution in [2.24, 2.45) is 0 Å². The van der Waals surface area contributed by atoms with E-state index >= 15 is 0 Å². The SMILES string of the molecule is CCCCCCCCCCC(CC)O[Si]1(C)CCCCC1. The van der Waals surface area contributed by atoms with Gasteiger partial charge in [-0.25, -0.2) is 0 Å². The first kappa shape index (κ1) is 19.2. The standard InChI is InChI=1S/C19H40OSi/c1-4-6-7-8-9-10-11-13-16-19(5-2)20-21(3)17-14-12-15-18-21/h19H,4-18H2,1-3H3. The Labute approximate surface area is 135 Å². The summed E-state index contributed by atoms with van der Waals surface area (Å²) in [5.74, 6) is 0. The van der Waals surface area contributed by atoms with Crippen molar-refractivity contribution in [2.45, 2.75) is 122 Å². The van der Waals surface area contributed by atoms with E-state index in [1.807, 2.05) is 0 Å². The molecule has 126 valence electrons. The van der Waals surface area contributed by atoms with Gasteiger partial charge in [0.1, 0.15) is 0 Å². The van der Waals surface area contributed by atoms with E-state index in [9.17, 15) is 0 Å². The molecule has 0 amide bonds. The third kappa shape index (κ3) is 9.03. The molecule has 1 aliphatic rings. The quantitative estimate of drug-likeness (QED) is 0.276. The molecule has 0 aromatic heterocycles. The lowest BCUT2D eigenvalue weighted by Crippen LogP contribution is -2.40. The normalized spacial score (nSPS) is 19.6. The average Bonchev–Trinajstić information content (AvgIpc) is 2.49. The summed E-state index contributed by atoms with van der Waals surface area (Å²) in [4.78, 5) is 0. The highest BCUT2D eigenvalue weighted by molar-refractivity contribution is 6.72. The molecule has 0 saturated carbocycles. The highest BCUT2D eigenvalue weighted by atomic mass is 28.4. The first-order valence-corrected chi connectivity index (χ1v) is 12.7. The highest BCUT2D eigenvalue weighted by Crippen LogP contribution is 2.31. The lowest BCUT2D eigenvalue weighted by molar-refractivity contribution is 0.166. The van der Waals surface area contributed by atoms with Crippen LogP contribution in [0, 0.1) is 0 Å². The second-order valence-electron chi connectivity index (χ2n) is 7.42. The molecule has 1 heterocycles. The maximum atomic E-state index is 6.63. The summed E-state index contributed by atoms with van der Waals surface area (Å²) in [6, 6.07) is 2.84. The first-order chi connectivity index (χ1) is 10.2. The van der Waals surface area contributed by atoms with Crippen LogP contribution in [-0.2, 0) is 4.43 Å². The van der Waals surface area contributed by atoms with Crippen LogP contribution in [0.1, 0.15) is 97.3 Å². The van der Waals surface area contributed by atoms with Gasteiger partial charge < -0.3 is 4.43 Å². The van der Waals surface area contributed by atoms with Crippen LogP contribution < -0.4 is 0 Å². The Bertz CT molecular complexity index is 236. The van der Waals surface area contributed by atoms with Crippen molar-refractivity contribution in [2.75, 3.05) is 0 Å². The highest BCUT2D eigenvalue weighted by Gasteiger charge is 2.33. The van der Waals surface area contributed by atoms with Crippen molar-refractivity contribution in [1.82, 2.24) is 0 Å². The Balaban J connectivity index is 2.05.